The molecule has 3 amide bonds. The smallest absolute Gasteiger partial charge is 0.320 e. The molecular weight excluding hydrogens is 370 g/mol. The zero-order valence-electron chi connectivity index (χ0n) is 17.5. The van der Waals surface area contributed by atoms with Crippen molar-refractivity contribution in [2.45, 2.75) is 32.9 Å². The molecule has 1 fully saturated rings. The number of H-pyrrole nitrogens is 1. The summed E-state index contributed by atoms with van der Waals surface area (Å²) in [7, 11) is 3.88. The molecule has 1 atom stereocenters. The van der Waals surface area contributed by atoms with E-state index >= 15 is 0 Å². The lowest BCUT2D eigenvalue weighted by Gasteiger charge is -2.40. The normalized spacial score (nSPS) is 17.2. The summed E-state index contributed by atoms with van der Waals surface area (Å²) < 4.78 is 0. The van der Waals surface area contributed by atoms with E-state index in [1.807, 2.05) is 11.8 Å². The minimum Gasteiger partial charge on any atom is -0.323 e. The first-order valence-electron chi connectivity index (χ1n) is 9.87. The Labute approximate surface area is 171 Å². The molecule has 1 aliphatic rings. The van der Waals surface area contributed by atoms with Crippen molar-refractivity contribution in [3.8, 4) is 0 Å². The zero-order valence-corrected chi connectivity index (χ0v) is 17.5. The van der Waals surface area contributed by atoms with Crippen molar-refractivity contribution in [1.29, 1.82) is 0 Å². The average molecular weight is 399 g/mol. The molecule has 0 aromatic carbocycles. The second kappa shape index (κ2) is 9.04. The molecule has 2 N–H and O–H groups in total. The van der Waals surface area contributed by atoms with Gasteiger partial charge in [-0.1, -0.05) is 13.0 Å². The van der Waals surface area contributed by atoms with Crippen molar-refractivity contribution in [2.24, 2.45) is 0 Å². The van der Waals surface area contributed by atoms with Gasteiger partial charge in [0.15, 0.2) is 5.82 Å². The van der Waals surface area contributed by atoms with E-state index in [1.54, 1.807) is 36.3 Å². The maximum Gasteiger partial charge on any atom is 0.320 e. The Kier molecular flexibility index (Phi) is 6.48. The van der Waals surface area contributed by atoms with E-state index < -0.39 is 0 Å². The molecular formula is C20H29N7O2. The van der Waals surface area contributed by atoms with Gasteiger partial charge in [-0.05, 0) is 32.5 Å². The van der Waals surface area contributed by atoms with E-state index in [0.717, 1.165) is 30.8 Å². The fourth-order valence-corrected chi connectivity index (χ4v) is 3.52. The molecule has 29 heavy (non-hydrogen) atoms. The fourth-order valence-electron chi connectivity index (χ4n) is 3.52. The number of amides is 3. The number of aromatic nitrogens is 3. The summed E-state index contributed by atoms with van der Waals surface area (Å²) in [5.41, 5.74) is 1.91. The summed E-state index contributed by atoms with van der Waals surface area (Å²) in [6.07, 6.45) is 2.58. The van der Waals surface area contributed by atoms with Crippen LogP contribution in [0.1, 0.15) is 35.1 Å². The van der Waals surface area contributed by atoms with Crippen LogP contribution in [0.5, 0.6) is 0 Å². The summed E-state index contributed by atoms with van der Waals surface area (Å²) in [4.78, 5) is 35.3. The van der Waals surface area contributed by atoms with Gasteiger partial charge in [0, 0.05) is 50.2 Å². The Hall–Kier alpha value is -2.94. The molecule has 1 unspecified atom stereocenters. The molecule has 156 valence electrons. The van der Waals surface area contributed by atoms with Gasteiger partial charge in [0.1, 0.15) is 5.69 Å². The van der Waals surface area contributed by atoms with Crippen LogP contribution >= 0.6 is 0 Å². The van der Waals surface area contributed by atoms with Gasteiger partial charge in [0.05, 0.1) is 6.54 Å². The van der Waals surface area contributed by atoms with E-state index in [0.29, 0.717) is 30.6 Å². The number of piperazine rings is 1. The van der Waals surface area contributed by atoms with Gasteiger partial charge in [-0.2, -0.15) is 5.10 Å². The molecule has 0 saturated carbocycles. The molecule has 2 aromatic rings. The van der Waals surface area contributed by atoms with Gasteiger partial charge in [-0.3, -0.25) is 19.8 Å². The largest absolute Gasteiger partial charge is 0.323 e. The highest BCUT2D eigenvalue weighted by Gasteiger charge is 2.28. The first-order valence-corrected chi connectivity index (χ1v) is 9.87. The van der Waals surface area contributed by atoms with Crippen molar-refractivity contribution in [1.82, 2.24) is 29.9 Å². The number of pyridine rings is 1. The monoisotopic (exact) mass is 399 g/mol. The predicted molar refractivity (Wildman–Crippen MR) is 111 cm³/mol. The maximum atomic E-state index is 13.0. The lowest BCUT2D eigenvalue weighted by Crippen LogP contribution is -2.55. The van der Waals surface area contributed by atoms with Gasteiger partial charge < -0.3 is 15.1 Å². The zero-order chi connectivity index (χ0) is 21.0. The van der Waals surface area contributed by atoms with Gasteiger partial charge in [0.2, 0.25) is 0 Å². The Morgan fingerprint density at radius 2 is 2.14 bits per heavy atom. The number of urea groups is 1. The third-order valence-corrected chi connectivity index (χ3v) is 5.44. The number of anilines is 1. The van der Waals surface area contributed by atoms with Crippen LogP contribution < -0.4 is 5.32 Å². The number of hydrogen-bond acceptors (Lipinski definition) is 5. The highest BCUT2D eigenvalue weighted by molar-refractivity contribution is 6.02. The van der Waals surface area contributed by atoms with Crippen LogP contribution in [0, 0.1) is 6.92 Å². The Morgan fingerprint density at radius 1 is 1.34 bits per heavy atom. The SMILES string of the molecule is CCC1CN(C(=O)N(C)Cc2c(NC(=O)c3ccccn3)n[nH]c2C)CCN1C. The number of aromatic amines is 1. The minimum atomic E-state index is -0.336. The van der Waals surface area contributed by atoms with E-state index in [1.165, 1.54) is 0 Å². The fraction of sp³-hybridized carbons (Fsp3) is 0.500. The number of aryl methyl sites for hydroxylation is 1. The van der Waals surface area contributed by atoms with Crippen LogP contribution in [0.15, 0.2) is 24.4 Å². The summed E-state index contributed by atoms with van der Waals surface area (Å²) in [5.74, 6) is 0.0831. The van der Waals surface area contributed by atoms with E-state index in [-0.39, 0.29) is 11.9 Å². The van der Waals surface area contributed by atoms with Gasteiger partial charge in [0.25, 0.3) is 5.91 Å². The van der Waals surface area contributed by atoms with Crippen molar-refractivity contribution in [2.75, 3.05) is 39.0 Å². The highest BCUT2D eigenvalue weighted by Crippen LogP contribution is 2.20. The lowest BCUT2D eigenvalue weighted by atomic mass is 10.1. The topological polar surface area (TPSA) is 97.5 Å². The number of carbonyl (C=O) groups excluding carboxylic acids is 2. The van der Waals surface area contributed by atoms with Gasteiger partial charge >= 0.3 is 6.03 Å². The molecule has 0 bridgehead atoms. The lowest BCUT2D eigenvalue weighted by molar-refractivity contribution is 0.0912. The Morgan fingerprint density at radius 3 is 2.83 bits per heavy atom. The molecule has 1 aliphatic heterocycles. The third-order valence-electron chi connectivity index (χ3n) is 5.44. The van der Waals surface area contributed by atoms with Crippen molar-refractivity contribution >= 4 is 17.8 Å². The molecule has 9 heteroatoms. The summed E-state index contributed by atoms with van der Waals surface area (Å²) in [6.45, 7) is 6.67. The molecule has 3 heterocycles. The molecule has 1 saturated heterocycles. The average Bonchev–Trinajstić information content (AvgIpc) is 3.07. The molecule has 0 radical (unpaired) electrons. The van der Waals surface area contributed by atoms with Crippen LogP contribution in [0.3, 0.4) is 0 Å². The van der Waals surface area contributed by atoms with E-state index in [9.17, 15) is 9.59 Å². The number of nitrogens with one attached hydrogen (secondary N) is 2. The minimum absolute atomic E-state index is 0.0147. The summed E-state index contributed by atoms with van der Waals surface area (Å²) in [6, 6.07) is 5.51. The standard InChI is InChI=1S/C20H29N7O2/c1-5-15-12-27(11-10-25(15)3)20(29)26(4)13-16-14(2)23-24-18(16)22-19(28)17-8-6-7-9-21-17/h6-9,15H,5,10-13H2,1-4H3,(H2,22,23,24,28). The Bertz CT molecular complexity index is 852. The van der Waals surface area contributed by atoms with Crippen LogP contribution in [0.4, 0.5) is 10.6 Å². The van der Waals surface area contributed by atoms with Crippen LogP contribution in [-0.2, 0) is 6.54 Å². The van der Waals surface area contributed by atoms with E-state index in [2.05, 4.69) is 39.4 Å². The molecule has 2 aromatic heterocycles. The van der Waals surface area contributed by atoms with Crippen molar-refractivity contribution < 1.29 is 9.59 Å². The molecule has 3 rings (SSSR count). The van der Waals surface area contributed by atoms with Crippen molar-refractivity contribution in [3.05, 3.63) is 41.3 Å². The van der Waals surface area contributed by atoms with Crippen LogP contribution in [-0.4, -0.2) is 81.6 Å². The van der Waals surface area contributed by atoms with Crippen molar-refractivity contribution in [3.63, 3.8) is 0 Å². The third kappa shape index (κ3) is 4.73. The van der Waals surface area contributed by atoms with Gasteiger partial charge in [-0.15, -0.1) is 0 Å². The maximum absolute atomic E-state index is 13.0. The second-order valence-electron chi connectivity index (χ2n) is 7.47. The quantitative estimate of drug-likeness (QED) is 0.801. The van der Waals surface area contributed by atoms with Crippen LogP contribution in [0.2, 0.25) is 0 Å². The second-order valence-corrected chi connectivity index (χ2v) is 7.47. The number of rotatable bonds is 5. The summed E-state index contributed by atoms with van der Waals surface area (Å²) in [5, 5.41) is 9.89. The number of hydrogen-bond donors (Lipinski definition) is 2. The molecule has 0 spiro atoms. The number of nitrogens with zero attached hydrogens (tertiary/aromatic N) is 5. The molecule has 0 aliphatic carbocycles. The van der Waals surface area contributed by atoms with E-state index in [4.69, 9.17) is 0 Å². The predicted octanol–water partition coefficient (Wildman–Crippen LogP) is 1.94. The number of carbonyl (C=O) groups is 2. The Balaban J connectivity index is 1.67. The van der Waals surface area contributed by atoms with Gasteiger partial charge in [-0.25, -0.2) is 4.79 Å². The number of likely N-dealkylation sites (N-methyl/N-ethyl adjacent to an activating group) is 1. The first kappa shape index (κ1) is 20.8. The summed E-state index contributed by atoms with van der Waals surface area (Å²) >= 11 is 0. The first-order chi connectivity index (χ1) is 13.9. The molecule has 9 nitrogen and oxygen atoms in total. The van der Waals surface area contributed by atoms with Crippen LogP contribution in [0.25, 0.3) is 0 Å². The highest BCUT2D eigenvalue weighted by atomic mass is 16.2.